The number of aliphatic hydroxyl groups is 1. The molecule has 1 heterocycles. The lowest BCUT2D eigenvalue weighted by Gasteiger charge is -2.08. The molecule has 0 aliphatic heterocycles. The van der Waals surface area contributed by atoms with E-state index < -0.39 is 0 Å². The van der Waals surface area contributed by atoms with Crippen LogP contribution in [0.15, 0.2) is 6.20 Å². The molecule has 0 aliphatic carbocycles. The minimum Gasteiger partial charge on any atom is -0.390 e. The third-order valence-corrected chi connectivity index (χ3v) is 1.82. The highest BCUT2D eigenvalue weighted by atomic mass is 16.3. The maximum absolute atomic E-state index is 9.03. The molecule has 4 nitrogen and oxygen atoms in total. The molecule has 1 aromatic rings. The molecule has 1 aromatic heterocycles. The van der Waals surface area contributed by atoms with Crippen LogP contribution in [0.4, 0.5) is 5.69 Å². The summed E-state index contributed by atoms with van der Waals surface area (Å²) in [5, 5.41) is 12.0. The number of rotatable bonds is 3. The minimum atomic E-state index is -0.0571. The molecule has 0 amide bonds. The Labute approximate surface area is 78.0 Å². The van der Waals surface area contributed by atoms with Crippen molar-refractivity contribution in [2.75, 3.05) is 12.4 Å². The van der Waals surface area contributed by atoms with Crippen LogP contribution in [-0.4, -0.2) is 22.1 Å². The normalized spacial score (nSPS) is 10.5. The van der Waals surface area contributed by atoms with Crippen LogP contribution < -0.4 is 5.32 Å². The highest BCUT2D eigenvalue weighted by Gasteiger charge is 2.07. The van der Waals surface area contributed by atoms with Crippen LogP contribution in [0.2, 0.25) is 0 Å². The van der Waals surface area contributed by atoms with Crippen molar-refractivity contribution < 1.29 is 5.11 Å². The molecule has 0 unspecified atom stereocenters. The molecule has 0 bridgehead atoms. The Balaban J connectivity index is 3.05. The van der Waals surface area contributed by atoms with Crippen molar-refractivity contribution in [3.8, 4) is 0 Å². The summed E-state index contributed by atoms with van der Waals surface area (Å²) in [6, 6.07) is 0. The average Bonchev–Trinajstić information content (AvgIpc) is 2.16. The van der Waals surface area contributed by atoms with Gasteiger partial charge in [0.1, 0.15) is 5.82 Å². The van der Waals surface area contributed by atoms with Gasteiger partial charge in [-0.05, 0) is 0 Å². The van der Waals surface area contributed by atoms with Crippen molar-refractivity contribution in [2.24, 2.45) is 0 Å². The predicted octanol–water partition coefficient (Wildman–Crippen LogP) is 1.13. The van der Waals surface area contributed by atoms with Gasteiger partial charge in [0.05, 0.1) is 24.2 Å². The van der Waals surface area contributed by atoms with E-state index in [-0.39, 0.29) is 12.5 Å². The van der Waals surface area contributed by atoms with Crippen LogP contribution in [0.25, 0.3) is 0 Å². The van der Waals surface area contributed by atoms with Crippen molar-refractivity contribution in [3.05, 3.63) is 17.7 Å². The molecule has 1 rings (SSSR count). The first-order valence-electron chi connectivity index (χ1n) is 4.33. The van der Waals surface area contributed by atoms with Gasteiger partial charge in [-0.25, -0.2) is 9.97 Å². The molecule has 0 aromatic carbocycles. The van der Waals surface area contributed by atoms with Crippen LogP contribution in [-0.2, 0) is 6.61 Å². The molecular formula is C9H15N3O. The number of aliphatic hydroxyl groups excluding tert-OH is 1. The molecule has 72 valence electrons. The van der Waals surface area contributed by atoms with E-state index in [1.165, 1.54) is 0 Å². The van der Waals surface area contributed by atoms with E-state index in [4.69, 9.17) is 5.11 Å². The van der Waals surface area contributed by atoms with Crippen molar-refractivity contribution in [3.63, 3.8) is 0 Å². The molecule has 2 N–H and O–H groups in total. The van der Waals surface area contributed by atoms with Crippen LogP contribution >= 0.6 is 0 Å². The first-order chi connectivity index (χ1) is 6.19. The van der Waals surface area contributed by atoms with Gasteiger partial charge in [0.25, 0.3) is 0 Å². The summed E-state index contributed by atoms with van der Waals surface area (Å²) >= 11 is 0. The van der Waals surface area contributed by atoms with Crippen molar-refractivity contribution in [1.82, 2.24) is 9.97 Å². The SMILES string of the molecule is CNc1cnc(C(C)C)nc1CO. The summed E-state index contributed by atoms with van der Waals surface area (Å²) in [4.78, 5) is 8.41. The summed E-state index contributed by atoms with van der Waals surface area (Å²) in [5.74, 6) is 1.05. The molecule has 0 saturated heterocycles. The van der Waals surface area contributed by atoms with Crippen molar-refractivity contribution in [1.29, 1.82) is 0 Å². The molecule has 13 heavy (non-hydrogen) atoms. The molecule has 0 saturated carbocycles. The lowest BCUT2D eigenvalue weighted by molar-refractivity contribution is 0.277. The van der Waals surface area contributed by atoms with Gasteiger partial charge < -0.3 is 10.4 Å². The van der Waals surface area contributed by atoms with Crippen LogP contribution in [0, 0.1) is 0 Å². The summed E-state index contributed by atoms with van der Waals surface area (Å²) in [6.45, 7) is 3.99. The Morgan fingerprint density at radius 1 is 1.54 bits per heavy atom. The minimum absolute atomic E-state index is 0.0571. The zero-order valence-corrected chi connectivity index (χ0v) is 8.20. The first-order valence-corrected chi connectivity index (χ1v) is 4.33. The monoisotopic (exact) mass is 181 g/mol. The van der Waals surface area contributed by atoms with Gasteiger partial charge in [-0.3, -0.25) is 0 Å². The van der Waals surface area contributed by atoms with Crippen molar-refractivity contribution >= 4 is 5.69 Å². The summed E-state index contributed by atoms with van der Waals surface area (Å²) < 4.78 is 0. The second-order valence-electron chi connectivity index (χ2n) is 3.15. The second kappa shape index (κ2) is 4.18. The van der Waals surface area contributed by atoms with Gasteiger partial charge in [-0.2, -0.15) is 0 Å². The number of anilines is 1. The Morgan fingerprint density at radius 3 is 2.69 bits per heavy atom. The fourth-order valence-electron chi connectivity index (χ4n) is 1.04. The fourth-order valence-corrected chi connectivity index (χ4v) is 1.04. The Kier molecular flexibility index (Phi) is 3.19. The Hall–Kier alpha value is -1.16. The van der Waals surface area contributed by atoms with Gasteiger partial charge in [0, 0.05) is 13.0 Å². The zero-order chi connectivity index (χ0) is 9.84. The van der Waals surface area contributed by atoms with Gasteiger partial charge in [0.2, 0.25) is 0 Å². The van der Waals surface area contributed by atoms with E-state index in [9.17, 15) is 0 Å². The Bertz CT molecular complexity index is 286. The molecule has 0 fully saturated rings. The first kappa shape index (κ1) is 9.92. The fraction of sp³-hybridized carbons (Fsp3) is 0.556. The van der Waals surface area contributed by atoms with E-state index >= 15 is 0 Å². The number of hydrogen-bond acceptors (Lipinski definition) is 4. The quantitative estimate of drug-likeness (QED) is 0.734. The van der Waals surface area contributed by atoms with Crippen molar-refractivity contribution in [2.45, 2.75) is 26.4 Å². The van der Waals surface area contributed by atoms with E-state index in [1.807, 2.05) is 13.8 Å². The van der Waals surface area contributed by atoms with E-state index in [0.717, 1.165) is 11.5 Å². The third kappa shape index (κ3) is 2.15. The Morgan fingerprint density at radius 2 is 2.23 bits per heavy atom. The largest absolute Gasteiger partial charge is 0.390 e. The number of nitrogens with one attached hydrogen (secondary N) is 1. The van der Waals surface area contributed by atoms with Gasteiger partial charge >= 0.3 is 0 Å². The highest BCUT2D eigenvalue weighted by molar-refractivity contribution is 5.44. The predicted molar refractivity (Wildman–Crippen MR) is 51.6 cm³/mol. The van der Waals surface area contributed by atoms with Gasteiger partial charge in [-0.1, -0.05) is 13.8 Å². The van der Waals surface area contributed by atoms with Gasteiger partial charge in [0.15, 0.2) is 0 Å². The summed E-state index contributed by atoms with van der Waals surface area (Å²) in [6.07, 6.45) is 1.70. The molecule has 0 aliphatic rings. The molecule has 4 heteroatoms. The van der Waals surface area contributed by atoms with Crippen LogP contribution in [0.5, 0.6) is 0 Å². The highest BCUT2D eigenvalue weighted by Crippen LogP contribution is 2.15. The standard InChI is InChI=1S/C9H15N3O/c1-6(2)9-11-4-7(10-3)8(5-13)12-9/h4,6,10,13H,5H2,1-3H3. The smallest absolute Gasteiger partial charge is 0.131 e. The number of hydrogen-bond donors (Lipinski definition) is 2. The molecule has 0 atom stereocenters. The summed E-state index contributed by atoms with van der Waals surface area (Å²) in [5.41, 5.74) is 1.44. The molecule has 0 radical (unpaired) electrons. The lowest BCUT2D eigenvalue weighted by Crippen LogP contribution is -2.05. The van der Waals surface area contributed by atoms with Crippen LogP contribution in [0.1, 0.15) is 31.3 Å². The average molecular weight is 181 g/mol. The van der Waals surface area contributed by atoms with E-state index in [0.29, 0.717) is 5.69 Å². The second-order valence-corrected chi connectivity index (χ2v) is 3.15. The molecule has 0 spiro atoms. The maximum atomic E-state index is 9.03. The maximum Gasteiger partial charge on any atom is 0.131 e. The van der Waals surface area contributed by atoms with Gasteiger partial charge in [-0.15, -0.1) is 0 Å². The lowest BCUT2D eigenvalue weighted by atomic mass is 10.2. The zero-order valence-electron chi connectivity index (χ0n) is 8.20. The van der Waals surface area contributed by atoms with Crippen LogP contribution in [0.3, 0.4) is 0 Å². The van der Waals surface area contributed by atoms with E-state index in [2.05, 4.69) is 15.3 Å². The number of nitrogens with zero attached hydrogens (tertiary/aromatic N) is 2. The van der Waals surface area contributed by atoms with E-state index in [1.54, 1.807) is 13.2 Å². The summed E-state index contributed by atoms with van der Waals surface area (Å²) in [7, 11) is 1.78. The topological polar surface area (TPSA) is 58.0 Å². The molecular weight excluding hydrogens is 166 g/mol. The number of aromatic nitrogens is 2. The third-order valence-electron chi connectivity index (χ3n) is 1.82.